The van der Waals surface area contributed by atoms with Crippen LogP contribution in [0.4, 0.5) is 0 Å². The first-order valence-electron chi connectivity index (χ1n) is 11.2. The minimum absolute atomic E-state index is 0.0674. The zero-order valence-corrected chi connectivity index (χ0v) is 19.0. The maximum atomic E-state index is 13.2. The minimum Gasteiger partial charge on any atom is -0.349 e. The molecule has 2 heterocycles. The lowest BCUT2D eigenvalue weighted by molar-refractivity contribution is 0.0911. The van der Waals surface area contributed by atoms with E-state index in [9.17, 15) is 18.0 Å². The average molecular weight is 446 g/mol. The summed E-state index contributed by atoms with van der Waals surface area (Å²) in [7, 11) is -3.66. The van der Waals surface area contributed by atoms with Crippen molar-refractivity contribution in [2.75, 3.05) is 13.1 Å². The summed E-state index contributed by atoms with van der Waals surface area (Å²) in [6.45, 7) is 5.26. The van der Waals surface area contributed by atoms with Crippen molar-refractivity contribution in [3.8, 4) is 0 Å². The maximum Gasteiger partial charge on any atom is 0.252 e. The third-order valence-electron chi connectivity index (χ3n) is 6.87. The van der Waals surface area contributed by atoms with Crippen LogP contribution in [0, 0.1) is 11.8 Å². The average Bonchev–Trinajstić information content (AvgIpc) is 2.74. The molecule has 4 rings (SSSR count). The number of carbonyl (C=O) groups is 1. The molecule has 2 atom stereocenters. The van der Waals surface area contributed by atoms with Gasteiger partial charge in [-0.25, -0.2) is 8.42 Å². The molecule has 1 aromatic carbocycles. The van der Waals surface area contributed by atoms with Crippen molar-refractivity contribution in [3.63, 3.8) is 0 Å². The number of pyridine rings is 1. The van der Waals surface area contributed by atoms with Crippen LogP contribution in [0.15, 0.2) is 34.0 Å². The summed E-state index contributed by atoms with van der Waals surface area (Å²) in [6.07, 6.45) is 5.90. The van der Waals surface area contributed by atoms with E-state index in [2.05, 4.69) is 24.1 Å². The molecule has 7 nitrogen and oxygen atoms in total. The van der Waals surface area contributed by atoms with E-state index < -0.39 is 10.0 Å². The van der Waals surface area contributed by atoms with Gasteiger partial charge in [-0.05, 0) is 55.7 Å². The van der Waals surface area contributed by atoms with Crippen LogP contribution in [0.3, 0.4) is 0 Å². The van der Waals surface area contributed by atoms with Gasteiger partial charge in [0.05, 0.1) is 10.5 Å². The highest BCUT2D eigenvalue weighted by atomic mass is 32.2. The van der Waals surface area contributed by atoms with Gasteiger partial charge in [-0.3, -0.25) is 9.59 Å². The zero-order valence-electron chi connectivity index (χ0n) is 18.2. The lowest BCUT2D eigenvalue weighted by Crippen LogP contribution is -2.41. The van der Waals surface area contributed by atoms with Gasteiger partial charge in [-0.15, -0.1) is 0 Å². The molecule has 1 saturated carbocycles. The van der Waals surface area contributed by atoms with E-state index in [0.29, 0.717) is 35.8 Å². The molecular weight excluding hydrogens is 414 g/mol. The van der Waals surface area contributed by atoms with E-state index in [4.69, 9.17) is 0 Å². The smallest absolute Gasteiger partial charge is 0.252 e. The number of fused-ring (bicyclic) bond motifs is 1. The number of H-pyrrole nitrogens is 1. The highest BCUT2D eigenvalue weighted by molar-refractivity contribution is 7.89. The Morgan fingerprint density at radius 1 is 1.06 bits per heavy atom. The second-order valence-corrected chi connectivity index (χ2v) is 11.1. The first-order chi connectivity index (χ1) is 14.8. The number of hydrogen-bond donors (Lipinski definition) is 2. The Hall–Kier alpha value is -2.19. The molecule has 1 aliphatic carbocycles. The number of carbonyl (C=O) groups excluding carboxylic acids is 1. The van der Waals surface area contributed by atoms with Crippen molar-refractivity contribution in [2.45, 2.75) is 63.3 Å². The summed E-state index contributed by atoms with van der Waals surface area (Å²) in [4.78, 5) is 28.1. The minimum atomic E-state index is -3.66. The third-order valence-corrected chi connectivity index (χ3v) is 8.76. The van der Waals surface area contributed by atoms with Crippen LogP contribution >= 0.6 is 0 Å². The number of aromatic amines is 1. The molecule has 8 heteroatoms. The van der Waals surface area contributed by atoms with Crippen molar-refractivity contribution in [3.05, 3.63) is 40.2 Å². The van der Waals surface area contributed by atoms with E-state index >= 15 is 0 Å². The second kappa shape index (κ2) is 8.74. The molecule has 1 saturated heterocycles. The molecule has 0 radical (unpaired) electrons. The van der Waals surface area contributed by atoms with Gasteiger partial charge in [0.2, 0.25) is 15.6 Å². The molecule has 2 fully saturated rings. The number of sulfonamides is 1. The number of piperidine rings is 1. The quantitative estimate of drug-likeness (QED) is 0.754. The number of nitrogens with one attached hydrogen (secondary N) is 2. The SMILES string of the molecule is CC1CCN(S(=O)(=O)c2ccc3[nH]c(=O)cc(C(=O)N[C@@H]4CCCC[C@@H]4C)c3c2)CC1. The third kappa shape index (κ3) is 4.55. The predicted octanol–water partition coefficient (Wildman–Crippen LogP) is 3.26. The Labute approximate surface area is 183 Å². The number of amides is 1. The number of hydrogen-bond acceptors (Lipinski definition) is 4. The number of rotatable bonds is 4. The van der Waals surface area contributed by atoms with Crippen LogP contribution in [0.1, 0.15) is 62.7 Å². The molecule has 168 valence electrons. The van der Waals surface area contributed by atoms with Crippen LogP contribution < -0.4 is 10.9 Å². The molecule has 2 N–H and O–H groups in total. The molecule has 1 aromatic heterocycles. The fourth-order valence-electron chi connectivity index (χ4n) is 4.73. The lowest BCUT2D eigenvalue weighted by atomic mass is 9.86. The van der Waals surface area contributed by atoms with Gasteiger partial charge in [-0.2, -0.15) is 4.31 Å². The Morgan fingerprint density at radius 3 is 2.48 bits per heavy atom. The summed E-state index contributed by atoms with van der Waals surface area (Å²) in [5, 5.41) is 3.53. The molecule has 1 amide bonds. The van der Waals surface area contributed by atoms with Gasteiger partial charge >= 0.3 is 0 Å². The van der Waals surface area contributed by atoms with Gasteiger partial charge in [-0.1, -0.05) is 26.7 Å². The summed E-state index contributed by atoms with van der Waals surface area (Å²) in [5.74, 6) is 0.574. The van der Waals surface area contributed by atoms with E-state index in [1.807, 2.05) is 0 Å². The number of aromatic nitrogens is 1. The van der Waals surface area contributed by atoms with Gasteiger partial charge in [0.25, 0.3) is 5.91 Å². The molecule has 0 bridgehead atoms. The van der Waals surface area contributed by atoms with E-state index in [-0.39, 0.29) is 28.0 Å². The zero-order chi connectivity index (χ0) is 22.2. The fraction of sp³-hybridized carbons (Fsp3) is 0.565. The Kier molecular flexibility index (Phi) is 6.21. The van der Waals surface area contributed by atoms with Crippen molar-refractivity contribution in [1.29, 1.82) is 0 Å². The summed E-state index contributed by atoms with van der Waals surface area (Å²) in [5.41, 5.74) is 0.302. The molecule has 2 aliphatic rings. The normalized spacial score (nSPS) is 23.7. The molecule has 0 spiro atoms. The Bertz CT molecular complexity index is 1130. The topological polar surface area (TPSA) is 99.3 Å². The first-order valence-corrected chi connectivity index (χ1v) is 12.7. The van der Waals surface area contributed by atoms with E-state index in [0.717, 1.165) is 38.5 Å². The van der Waals surface area contributed by atoms with Crippen LogP contribution in [-0.2, 0) is 10.0 Å². The van der Waals surface area contributed by atoms with Crippen LogP contribution in [0.5, 0.6) is 0 Å². The molecule has 1 aliphatic heterocycles. The van der Waals surface area contributed by atoms with E-state index in [1.54, 1.807) is 6.07 Å². The molecule has 31 heavy (non-hydrogen) atoms. The van der Waals surface area contributed by atoms with Crippen LogP contribution in [0.25, 0.3) is 10.9 Å². The highest BCUT2D eigenvalue weighted by Crippen LogP contribution is 2.27. The molecular formula is C23H31N3O4S. The highest BCUT2D eigenvalue weighted by Gasteiger charge is 2.29. The first kappa shape index (κ1) is 22.0. The maximum absolute atomic E-state index is 13.2. The Balaban J connectivity index is 1.69. The van der Waals surface area contributed by atoms with Crippen molar-refractivity contribution < 1.29 is 13.2 Å². The van der Waals surface area contributed by atoms with E-state index in [1.165, 1.54) is 22.5 Å². The van der Waals surface area contributed by atoms with Crippen molar-refractivity contribution >= 4 is 26.8 Å². The second-order valence-electron chi connectivity index (χ2n) is 9.18. The summed E-state index contributed by atoms with van der Waals surface area (Å²) < 4.78 is 27.9. The lowest BCUT2D eigenvalue weighted by Gasteiger charge is -2.30. The number of nitrogens with zero attached hydrogens (tertiary/aromatic N) is 1. The largest absolute Gasteiger partial charge is 0.349 e. The van der Waals surface area contributed by atoms with Crippen molar-refractivity contribution in [1.82, 2.24) is 14.6 Å². The Morgan fingerprint density at radius 2 is 1.77 bits per heavy atom. The van der Waals surface area contributed by atoms with Crippen molar-refractivity contribution in [2.24, 2.45) is 11.8 Å². The van der Waals surface area contributed by atoms with Gasteiger partial charge in [0, 0.05) is 36.1 Å². The standard InChI is InChI=1S/C23H31N3O4S/c1-15-9-11-26(12-10-15)31(29,30)17-7-8-21-18(13-17)19(14-22(27)24-21)23(28)25-20-6-4-3-5-16(20)2/h7-8,13-16,20H,3-6,9-12H2,1-2H3,(H,24,27)(H,25,28)/t16-,20+/m0/s1. The monoisotopic (exact) mass is 445 g/mol. The molecule has 0 unspecified atom stereocenters. The number of benzene rings is 1. The van der Waals surface area contributed by atoms with Crippen LogP contribution in [-0.4, -0.2) is 42.7 Å². The molecule has 2 aromatic rings. The predicted molar refractivity (Wildman–Crippen MR) is 121 cm³/mol. The van der Waals surface area contributed by atoms with Gasteiger partial charge in [0.1, 0.15) is 0 Å². The van der Waals surface area contributed by atoms with Gasteiger partial charge in [0.15, 0.2) is 0 Å². The summed E-state index contributed by atoms with van der Waals surface area (Å²) >= 11 is 0. The van der Waals surface area contributed by atoms with Crippen LogP contribution in [0.2, 0.25) is 0 Å². The summed E-state index contributed by atoms with van der Waals surface area (Å²) in [6, 6.07) is 5.95. The fourth-order valence-corrected chi connectivity index (χ4v) is 6.23. The van der Waals surface area contributed by atoms with Gasteiger partial charge < -0.3 is 10.3 Å².